The fourth-order valence-electron chi connectivity index (χ4n) is 9.47. The van der Waals surface area contributed by atoms with Crippen LogP contribution < -0.4 is 5.32 Å². The van der Waals surface area contributed by atoms with E-state index in [0.717, 1.165) is 51.4 Å². The molecule has 0 aliphatic carbocycles. The summed E-state index contributed by atoms with van der Waals surface area (Å²) < 4.78 is 23.8. The zero-order chi connectivity index (χ0) is 52.7. The van der Waals surface area contributed by atoms with Gasteiger partial charge in [-0.1, -0.05) is 288 Å². The fraction of sp³-hybridized carbons (Fsp3) is 0.889. The van der Waals surface area contributed by atoms with E-state index >= 15 is 0 Å². The second kappa shape index (κ2) is 54.5. The Balaban J connectivity index is 4.11. The molecule has 8 nitrogen and oxygen atoms in total. The zero-order valence-electron chi connectivity index (χ0n) is 48.7. The largest absolute Gasteiger partial charge is 0.472 e. The van der Waals surface area contributed by atoms with Crippen molar-refractivity contribution in [2.24, 2.45) is 0 Å². The Morgan fingerprint density at radius 3 is 1.15 bits per heavy atom. The number of nitrogens with zero attached hydrogens (tertiary/aromatic N) is 1. The van der Waals surface area contributed by atoms with Crippen LogP contribution in [0.15, 0.2) is 36.5 Å². The molecule has 0 fully saturated rings. The van der Waals surface area contributed by atoms with Crippen molar-refractivity contribution in [3.05, 3.63) is 36.5 Å². The molecule has 3 unspecified atom stereocenters. The monoisotopic (exact) mass is 1040 g/mol. The highest BCUT2D eigenvalue weighted by molar-refractivity contribution is 7.47. The molecule has 0 bridgehead atoms. The molecule has 0 aromatic rings. The lowest BCUT2D eigenvalue weighted by molar-refractivity contribution is -0.870. The van der Waals surface area contributed by atoms with Crippen LogP contribution in [0.1, 0.15) is 309 Å². The Morgan fingerprint density at radius 2 is 0.792 bits per heavy atom. The molecular formula is C63H124N2O6P+. The van der Waals surface area contributed by atoms with Gasteiger partial charge in [0.2, 0.25) is 5.91 Å². The Labute approximate surface area is 448 Å². The lowest BCUT2D eigenvalue weighted by atomic mass is 10.0. The first-order chi connectivity index (χ1) is 35.0. The Bertz CT molecular complexity index is 1270. The van der Waals surface area contributed by atoms with E-state index in [1.54, 1.807) is 0 Å². The minimum absolute atomic E-state index is 0.0750. The van der Waals surface area contributed by atoms with Crippen molar-refractivity contribution in [3.8, 4) is 0 Å². The highest BCUT2D eigenvalue weighted by Gasteiger charge is 2.28. The van der Waals surface area contributed by atoms with E-state index in [2.05, 4.69) is 55.6 Å². The molecule has 3 atom stereocenters. The topological polar surface area (TPSA) is 105 Å². The molecule has 0 radical (unpaired) electrons. The molecule has 0 aromatic heterocycles. The van der Waals surface area contributed by atoms with Gasteiger partial charge in [0.05, 0.1) is 39.9 Å². The van der Waals surface area contributed by atoms with Crippen LogP contribution in [0.2, 0.25) is 0 Å². The number of unbranched alkanes of at least 4 members (excludes halogenated alkanes) is 39. The molecule has 0 heterocycles. The SMILES string of the molecule is CCCCCCC/C=C\C/C=C\C/C=C\CCCCCCCCCCCCCCC(=O)NC(COP(=O)(O)OCC[N+](C)(C)C)C(O)CCCCCCCCCCCCCCCCCCCCCCCCC. The van der Waals surface area contributed by atoms with E-state index in [9.17, 15) is 19.4 Å². The van der Waals surface area contributed by atoms with Crippen molar-refractivity contribution >= 4 is 13.7 Å². The molecule has 426 valence electrons. The number of quaternary nitrogens is 1. The highest BCUT2D eigenvalue weighted by Crippen LogP contribution is 2.43. The van der Waals surface area contributed by atoms with Gasteiger partial charge in [0.25, 0.3) is 0 Å². The molecule has 9 heteroatoms. The van der Waals surface area contributed by atoms with Crippen LogP contribution in [0.4, 0.5) is 0 Å². The van der Waals surface area contributed by atoms with Crippen molar-refractivity contribution < 1.29 is 32.9 Å². The average Bonchev–Trinajstić information content (AvgIpc) is 3.34. The number of nitrogens with one attached hydrogen (secondary N) is 1. The summed E-state index contributed by atoms with van der Waals surface area (Å²) in [7, 11) is 1.62. The van der Waals surface area contributed by atoms with E-state index in [1.807, 2.05) is 21.1 Å². The van der Waals surface area contributed by atoms with Gasteiger partial charge >= 0.3 is 7.82 Å². The summed E-state index contributed by atoms with van der Waals surface area (Å²) in [6.45, 7) is 4.92. The summed E-state index contributed by atoms with van der Waals surface area (Å²) in [6.07, 6.45) is 70.7. The summed E-state index contributed by atoms with van der Waals surface area (Å²) in [5.41, 5.74) is 0. The van der Waals surface area contributed by atoms with Crippen LogP contribution in [0.5, 0.6) is 0 Å². The standard InChI is InChI=1S/C63H123N2O6P/c1-6-8-10-12-14-16-18-20-22-24-26-28-30-31-32-33-35-37-39-41-43-45-47-49-51-53-55-57-63(67)64-61(60-71-72(68,69)70-59-58-65(3,4)5)62(66)56-54-52-50-48-46-44-42-40-38-36-34-29-27-25-23-21-19-17-15-13-11-9-7-2/h18,20,24,26,30-31,61-62,66H,6-17,19,21-23,25,27-29,32-60H2,1-5H3,(H-,64,67,68,69)/p+1/b20-18-,26-24-,31-30-. The molecule has 0 rings (SSSR count). The van der Waals surface area contributed by atoms with Gasteiger partial charge < -0.3 is 19.8 Å². The predicted molar refractivity (Wildman–Crippen MR) is 314 cm³/mol. The van der Waals surface area contributed by atoms with E-state index in [1.165, 1.54) is 231 Å². The minimum atomic E-state index is -4.33. The Kier molecular flexibility index (Phi) is 53.5. The molecule has 72 heavy (non-hydrogen) atoms. The van der Waals surface area contributed by atoms with E-state index < -0.39 is 20.0 Å². The molecule has 0 aliphatic heterocycles. The summed E-state index contributed by atoms with van der Waals surface area (Å²) in [6, 6.07) is -0.763. The highest BCUT2D eigenvalue weighted by atomic mass is 31.2. The van der Waals surface area contributed by atoms with Crippen LogP contribution in [-0.2, 0) is 18.4 Å². The summed E-state index contributed by atoms with van der Waals surface area (Å²) in [5, 5.41) is 14.1. The third-order valence-electron chi connectivity index (χ3n) is 14.4. The third kappa shape index (κ3) is 56.4. The lowest BCUT2D eigenvalue weighted by Crippen LogP contribution is -2.46. The van der Waals surface area contributed by atoms with Crippen LogP contribution >= 0.6 is 7.82 Å². The second-order valence-electron chi connectivity index (χ2n) is 22.8. The third-order valence-corrected chi connectivity index (χ3v) is 15.4. The first-order valence-corrected chi connectivity index (χ1v) is 32.8. The molecule has 0 saturated heterocycles. The molecule has 0 aromatic carbocycles. The van der Waals surface area contributed by atoms with Gasteiger partial charge in [-0.25, -0.2) is 4.57 Å². The van der Waals surface area contributed by atoms with Crippen molar-refractivity contribution in [2.75, 3.05) is 40.9 Å². The van der Waals surface area contributed by atoms with Crippen LogP contribution in [0.3, 0.4) is 0 Å². The predicted octanol–water partition coefficient (Wildman–Crippen LogP) is 19.3. The summed E-state index contributed by atoms with van der Waals surface area (Å²) in [5.74, 6) is -0.142. The zero-order valence-corrected chi connectivity index (χ0v) is 49.6. The van der Waals surface area contributed by atoms with Crippen LogP contribution in [0.25, 0.3) is 0 Å². The number of aliphatic hydroxyl groups excluding tert-OH is 1. The normalized spacial score (nSPS) is 14.0. The van der Waals surface area contributed by atoms with E-state index in [-0.39, 0.29) is 19.1 Å². The molecule has 0 spiro atoms. The number of carbonyl (C=O) groups excluding carboxylic acids is 1. The van der Waals surface area contributed by atoms with Gasteiger partial charge in [-0.2, -0.15) is 0 Å². The second-order valence-corrected chi connectivity index (χ2v) is 24.2. The number of rotatable bonds is 58. The Morgan fingerprint density at radius 1 is 0.472 bits per heavy atom. The maximum atomic E-state index is 13.0. The van der Waals surface area contributed by atoms with Gasteiger partial charge in [-0.15, -0.1) is 0 Å². The molecule has 1 amide bonds. The number of allylic oxidation sites excluding steroid dienone is 6. The lowest BCUT2D eigenvalue weighted by Gasteiger charge is -2.26. The number of hydrogen-bond acceptors (Lipinski definition) is 5. The van der Waals surface area contributed by atoms with Crippen molar-refractivity contribution in [1.82, 2.24) is 5.32 Å². The molecule has 0 aliphatic rings. The molecule has 0 saturated carbocycles. The van der Waals surface area contributed by atoms with E-state index in [0.29, 0.717) is 23.9 Å². The van der Waals surface area contributed by atoms with Crippen molar-refractivity contribution in [3.63, 3.8) is 0 Å². The van der Waals surface area contributed by atoms with Gasteiger partial charge in [0.15, 0.2) is 0 Å². The first kappa shape index (κ1) is 70.7. The van der Waals surface area contributed by atoms with Crippen LogP contribution in [0, 0.1) is 0 Å². The fourth-order valence-corrected chi connectivity index (χ4v) is 10.2. The number of hydrogen-bond donors (Lipinski definition) is 3. The summed E-state index contributed by atoms with van der Waals surface area (Å²) in [4.78, 5) is 23.4. The maximum Gasteiger partial charge on any atom is 0.472 e. The van der Waals surface area contributed by atoms with Gasteiger partial charge in [-0.3, -0.25) is 13.8 Å². The number of aliphatic hydroxyl groups is 1. The number of carbonyl (C=O) groups is 1. The number of phosphoric ester groups is 1. The quantitative estimate of drug-likeness (QED) is 0.0243. The number of phosphoric acid groups is 1. The van der Waals surface area contributed by atoms with Crippen molar-refractivity contribution in [1.29, 1.82) is 0 Å². The number of amides is 1. The van der Waals surface area contributed by atoms with Gasteiger partial charge in [0.1, 0.15) is 13.2 Å². The summed E-state index contributed by atoms with van der Waals surface area (Å²) >= 11 is 0. The minimum Gasteiger partial charge on any atom is -0.391 e. The number of likely N-dealkylation sites (N-methyl/N-ethyl adjacent to an activating group) is 1. The van der Waals surface area contributed by atoms with Gasteiger partial charge in [-0.05, 0) is 51.4 Å². The van der Waals surface area contributed by atoms with Crippen LogP contribution in [-0.4, -0.2) is 73.4 Å². The maximum absolute atomic E-state index is 13.0. The van der Waals surface area contributed by atoms with Gasteiger partial charge in [0, 0.05) is 6.42 Å². The Hall–Kier alpha value is -1.28. The first-order valence-electron chi connectivity index (χ1n) is 31.4. The average molecular weight is 1040 g/mol. The van der Waals surface area contributed by atoms with E-state index in [4.69, 9.17) is 9.05 Å². The smallest absolute Gasteiger partial charge is 0.391 e. The van der Waals surface area contributed by atoms with Crippen molar-refractivity contribution in [2.45, 2.75) is 321 Å². The molecule has 3 N–H and O–H groups in total. The molecular weight excluding hydrogens is 912 g/mol.